The van der Waals surface area contributed by atoms with Gasteiger partial charge in [0.2, 0.25) is 0 Å². The third kappa shape index (κ3) is 4.29. The van der Waals surface area contributed by atoms with Crippen molar-refractivity contribution in [3.05, 3.63) is 35.3 Å². The number of sulfone groups is 1. The number of carbonyl (C=O) groups is 1. The maximum atomic E-state index is 13.2. The molecule has 0 aliphatic carbocycles. The Morgan fingerprint density at radius 3 is 2.33 bits per heavy atom. The lowest BCUT2D eigenvalue weighted by atomic mass is 10.1. The Labute approximate surface area is 204 Å². The lowest BCUT2D eigenvalue weighted by Gasteiger charge is -2.21. The second-order valence-corrected chi connectivity index (χ2v) is 11.6. The highest BCUT2D eigenvalue weighted by Crippen LogP contribution is 2.35. The highest BCUT2D eigenvalue weighted by atomic mass is 32.2. The second kappa shape index (κ2) is 8.25. The zero-order valence-electron chi connectivity index (χ0n) is 20.4. The van der Waals surface area contributed by atoms with Crippen molar-refractivity contribution in [2.24, 2.45) is 7.05 Å². The fraction of sp³-hybridized carbons (Fsp3) is 0.409. The number of hydrogen-bond donors (Lipinski definition) is 1. The number of nitrogens with zero attached hydrogens (tertiary/aromatic N) is 6. The van der Waals surface area contributed by atoms with Crippen molar-refractivity contribution in [1.29, 1.82) is 0 Å². The summed E-state index contributed by atoms with van der Waals surface area (Å²) < 4.78 is 68.3. The van der Waals surface area contributed by atoms with Crippen LogP contribution < -0.4 is 5.32 Å². The van der Waals surface area contributed by atoms with Crippen LogP contribution in [0.5, 0.6) is 0 Å². The van der Waals surface area contributed by atoms with E-state index in [1.165, 1.54) is 24.7 Å². The quantitative estimate of drug-likeness (QED) is 0.435. The highest BCUT2D eigenvalue weighted by molar-refractivity contribution is 7.91. The molecule has 10 nitrogen and oxygen atoms in total. The first-order chi connectivity index (χ1) is 16.5. The first kappa shape index (κ1) is 25.5. The normalized spacial score (nSPS) is 13.0. The maximum absolute atomic E-state index is 13.2. The molecule has 4 aromatic rings. The van der Waals surface area contributed by atoms with Crippen molar-refractivity contribution in [1.82, 2.24) is 34.4 Å². The molecule has 0 fully saturated rings. The summed E-state index contributed by atoms with van der Waals surface area (Å²) in [4.78, 5) is 25.6. The number of halogens is 3. The van der Waals surface area contributed by atoms with Gasteiger partial charge in [-0.05, 0) is 39.3 Å². The summed E-state index contributed by atoms with van der Waals surface area (Å²) in [5, 5.41) is 6.70. The molecule has 0 aliphatic rings. The highest BCUT2D eigenvalue weighted by Gasteiger charge is 2.34. The molecule has 0 saturated heterocycles. The van der Waals surface area contributed by atoms with E-state index in [4.69, 9.17) is 0 Å². The predicted molar refractivity (Wildman–Crippen MR) is 125 cm³/mol. The monoisotopic (exact) mass is 523 g/mol. The van der Waals surface area contributed by atoms with E-state index in [1.54, 1.807) is 27.7 Å². The van der Waals surface area contributed by atoms with Gasteiger partial charge in [0.15, 0.2) is 26.2 Å². The van der Waals surface area contributed by atoms with Crippen LogP contribution >= 0.6 is 0 Å². The fourth-order valence-electron chi connectivity index (χ4n) is 3.73. The molecule has 0 unspecified atom stereocenters. The number of rotatable bonds is 4. The number of carbonyl (C=O) groups excluding carboxylic acids is 1. The molecule has 0 saturated carbocycles. The third-order valence-corrected chi connectivity index (χ3v) is 7.07. The minimum atomic E-state index is -4.63. The van der Waals surface area contributed by atoms with Crippen molar-refractivity contribution in [2.75, 3.05) is 5.75 Å². The Balaban J connectivity index is 2.08. The van der Waals surface area contributed by atoms with E-state index in [2.05, 4.69) is 25.4 Å². The minimum absolute atomic E-state index is 0.00242. The van der Waals surface area contributed by atoms with Crippen LogP contribution in [0.1, 0.15) is 49.3 Å². The molecule has 4 heterocycles. The number of fused-ring (bicyclic) bond motifs is 2. The van der Waals surface area contributed by atoms with Gasteiger partial charge < -0.3 is 9.88 Å². The average Bonchev–Trinajstić information content (AvgIpc) is 3.29. The smallest absolute Gasteiger partial charge is 0.346 e. The van der Waals surface area contributed by atoms with Crippen LogP contribution in [-0.4, -0.2) is 54.7 Å². The fourth-order valence-corrected chi connectivity index (χ4v) is 4.70. The molecule has 1 amide bonds. The molecular formula is C22H24F3N7O3S. The minimum Gasteiger partial charge on any atom is -0.346 e. The molecule has 4 aromatic heterocycles. The van der Waals surface area contributed by atoms with Gasteiger partial charge in [0.25, 0.3) is 5.91 Å². The molecule has 0 aromatic carbocycles. The molecule has 0 bridgehead atoms. The first-order valence-corrected chi connectivity index (χ1v) is 12.5. The first-order valence-electron chi connectivity index (χ1n) is 10.9. The number of nitrogens with one attached hydrogen (secondary N) is 1. The summed E-state index contributed by atoms with van der Waals surface area (Å²) >= 11 is 0. The maximum Gasteiger partial charge on any atom is 0.417 e. The van der Waals surface area contributed by atoms with Gasteiger partial charge in [-0.25, -0.2) is 27.9 Å². The van der Waals surface area contributed by atoms with Crippen LogP contribution in [0.3, 0.4) is 0 Å². The topological polar surface area (TPSA) is 124 Å². The molecule has 0 spiro atoms. The van der Waals surface area contributed by atoms with Crippen molar-refractivity contribution in [3.63, 3.8) is 0 Å². The molecule has 0 atom stereocenters. The Hall–Kier alpha value is -3.55. The zero-order chi connectivity index (χ0) is 26.8. The van der Waals surface area contributed by atoms with Gasteiger partial charge in [-0.15, -0.1) is 0 Å². The summed E-state index contributed by atoms with van der Waals surface area (Å²) in [7, 11) is -2.47. The standard InChI is InChI=1S/C22H24F3N7O3S/c1-7-36(34,35)20-14(18-28-13-8-12(22(23,24)25)10-27-16(13)31(18)6)17-26-9-11(2)15(32(17)30-20)19(33)29-21(3,4)5/h8-10H,7H2,1-6H3,(H,29,33). The summed E-state index contributed by atoms with van der Waals surface area (Å²) in [5.41, 5.74) is -1.06. The van der Waals surface area contributed by atoms with Crippen LogP contribution in [0.15, 0.2) is 23.5 Å². The lowest BCUT2D eigenvalue weighted by molar-refractivity contribution is -0.137. The number of aromatic nitrogens is 6. The van der Waals surface area contributed by atoms with E-state index in [0.717, 1.165) is 10.6 Å². The Morgan fingerprint density at radius 2 is 1.75 bits per heavy atom. The van der Waals surface area contributed by atoms with Gasteiger partial charge in [-0.2, -0.15) is 18.3 Å². The van der Waals surface area contributed by atoms with Gasteiger partial charge in [0, 0.05) is 25.0 Å². The molecule has 0 aliphatic heterocycles. The van der Waals surface area contributed by atoms with Crippen molar-refractivity contribution in [3.8, 4) is 11.4 Å². The Morgan fingerprint density at radius 1 is 1.11 bits per heavy atom. The van der Waals surface area contributed by atoms with Crippen molar-refractivity contribution in [2.45, 2.75) is 51.4 Å². The third-order valence-electron chi connectivity index (χ3n) is 5.43. The van der Waals surface area contributed by atoms with E-state index < -0.39 is 33.0 Å². The lowest BCUT2D eigenvalue weighted by Crippen LogP contribution is -2.41. The van der Waals surface area contributed by atoms with E-state index in [1.807, 2.05) is 0 Å². The van der Waals surface area contributed by atoms with Crippen LogP contribution in [0.2, 0.25) is 0 Å². The molecular weight excluding hydrogens is 499 g/mol. The summed E-state index contributed by atoms with van der Waals surface area (Å²) in [6.45, 7) is 8.45. The number of amides is 1. The van der Waals surface area contributed by atoms with E-state index in [-0.39, 0.29) is 44.7 Å². The molecule has 4 rings (SSSR count). The summed E-state index contributed by atoms with van der Waals surface area (Å²) in [6, 6.07) is 0.839. The second-order valence-electron chi connectivity index (χ2n) is 9.37. The summed E-state index contributed by atoms with van der Waals surface area (Å²) in [6.07, 6.45) is -2.54. The van der Waals surface area contributed by atoms with Crippen LogP contribution in [0, 0.1) is 6.92 Å². The Bertz CT molecular complexity index is 1630. The Kier molecular flexibility index (Phi) is 5.85. The largest absolute Gasteiger partial charge is 0.417 e. The van der Waals surface area contributed by atoms with Gasteiger partial charge in [0.05, 0.1) is 11.3 Å². The number of imidazole rings is 1. The molecule has 1 N–H and O–H groups in total. The van der Waals surface area contributed by atoms with Gasteiger partial charge in [0.1, 0.15) is 22.6 Å². The molecule has 36 heavy (non-hydrogen) atoms. The number of alkyl halides is 3. The SMILES string of the molecule is CCS(=O)(=O)c1nn2c(C(=O)NC(C)(C)C)c(C)cnc2c1-c1nc2cc(C(F)(F)F)cnc2n1C. The van der Waals surface area contributed by atoms with E-state index in [0.29, 0.717) is 11.8 Å². The van der Waals surface area contributed by atoms with E-state index >= 15 is 0 Å². The number of pyridine rings is 1. The van der Waals surface area contributed by atoms with Crippen LogP contribution in [0.25, 0.3) is 28.2 Å². The van der Waals surface area contributed by atoms with Crippen LogP contribution in [0.4, 0.5) is 13.2 Å². The molecule has 14 heteroatoms. The summed E-state index contributed by atoms with van der Waals surface area (Å²) in [5.74, 6) is -0.812. The van der Waals surface area contributed by atoms with Crippen molar-refractivity contribution >= 4 is 32.6 Å². The van der Waals surface area contributed by atoms with Gasteiger partial charge in [-0.3, -0.25) is 4.79 Å². The number of aryl methyl sites for hydroxylation is 2. The predicted octanol–water partition coefficient (Wildman–Crippen LogP) is 3.33. The van der Waals surface area contributed by atoms with Crippen molar-refractivity contribution < 1.29 is 26.4 Å². The number of hydrogen-bond acceptors (Lipinski definition) is 7. The van der Waals surface area contributed by atoms with Gasteiger partial charge >= 0.3 is 6.18 Å². The molecule has 0 radical (unpaired) electrons. The van der Waals surface area contributed by atoms with Gasteiger partial charge in [-0.1, -0.05) is 6.92 Å². The average molecular weight is 524 g/mol. The van der Waals surface area contributed by atoms with E-state index in [9.17, 15) is 26.4 Å². The van der Waals surface area contributed by atoms with Crippen LogP contribution in [-0.2, 0) is 23.1 Å². The zero-order valence-corrected chi connectivity index (χ0v) is 21.2. The molecule has 192 valence electrons.